The van der Waals surface area contributed by atoms with E-state index < -0.39 is 0 Å². The summed E-state index contributed by atoms with van der Waals surface area (Å²) in [6, 6.07) is 12.2. The first-order chi connectivity index (χ1) is 9.29. The molecule has 0 saturated carbocycles. The summed E-state index contributed by atoms with van der Waals surface area (Å²) in [6.45, 7) is 8.23. The second kappa shape index (κ2) is 7.66. The van der Waals surface area contributed by atoms with Crippen LogP contribution in [0.15, 0.2) is 30.3 Å². The number of hydrogen-bond acceptors (Lipinski definition) is 2. The van der Waals surface area contributed by atoms with Crippen LogP contribution in [0.25, 0.3) is 0 Å². The number of benzene rings is 1. The van der Waals surface area contributed by atoms with E-state index in [4.69, 9.17) is 0 Å². The van der Waals surface area contributed by atoms with E-state index in [9.17, 15) is 0 Å². The maximum Gasteiger partial charge on any atom is 0.0195 e. The van der Waals surface area contributed by atoms with Crippen LogP contribution in [0.5, 0.6) is 0 Å². The van der Waals surface area contributed by atoms with Crippen LogP contribution < -0.4 is 5.32 Å². The molecule has 1 aromatic carbocycles. The van der Waals surface area contributed by atoms with Crippen LogP contribution in [0.3, 0.4) is 0 Å². The van der Waals surface area contributed by atoms with Crippen molar-refractivity contribution in [3.05, 3.63) is 35.9 Å². The number of rotatable bonds is 6. The Bertz CT molecular complexity index is 350. The van der Waals surface area contributed by atoms with Gasteiger partial charge in [-0.15, -0.1) is 0 Å². The molecule has 2 atom stereocenters. The fourth-order valence-electron chi connectivity index (χ4n) is 2.98. The third-order valence-electron chi connectivity index (χ3n) is 4.17. The van der Waals surface area contributed by atoms with E-state index in [0.29, 0.717) is 12.1 Å². The summed E-state index contributed by atoms with van der Waals surface area (Å²) in [4.78, 5) is 2.67. The summed E-state index contributed by atoms with van der Waals surface area (Å²) in [5.41, 5.74) is 1.47. The molecule has 1 aliphatic heterocycles. The van der Waals surface area contributed by atoms with Crippen molar-refractivity contribution in [2.45, 2.75) is 51.6 Å². The van der Waals surface area contributed by atoms with E-state index in [2.05, 4.69) is 54.4 Å². The second-order valence-electron chi connectivity index (χ2n) is 5.83. The van der Waals surface area contributed by atoms with Crippen LogP contribution in [0.2, 0.25) is 0 Å². The lowest BCUT2D eigenvalue weighted by atomic mass is 10.0. The molecule has 0 aromatic heterocycles. The van der Waals surface area contributed by atoms with Crippen molar-refractivity contribution in [2.75, 3.05) is 19.6 Å². The first kappa shape index (κ1) is 14.5. The lowest BCUT2D eigenvalue weighted by Crippen LogP contribution is -2.55. The molecule has 0 aliphatic carbocycles. The van der Waals surface area contributed by atoms with Crippen molar-refractivity contribution >= 4 is 0 Å². The number of hydrogen-bond donors (Lipinski definition) is 1. The van der Waals surface area contributed by atoms with E-state index in [1.807, 2.05) is 0 Å². The molecule has 106 valence electrons. The molecule has 2 nitrogen and oxygen atoms in total. The monoisotopic (exact) mass is 260 g/mol. The zero-order valence-corrected chi connectivity index (χ0v) is 12.4. The third kappa shape index (κ3) is 4.63. The van der Waals surface area contributed by atoms with E-state index in [1.165, 1.54) is 44.3 Å². The first-order valence-electron chi connectivity index (χ1n) is 7.81. The van der Waals surface area contributed by atoms with Crippen LogP contribution in [-0.4, -0.2) is 36.6 Å². The number of aryl methyl sites for hydroxylation is 1. The maximum atomic E-state index is 3.67. The van der Waals surface area contributed by atoms with Crippen LogP contribution in [0, 0.1) is 0 Å². The molecule has 1 fully saturated rings. The summed E-state index contributed by atoms with van der Waals surface area (Å²) in [7, 11) is 0. The molecule has 1 heterocycles. The molecule has 2 rings (SSSR count). The fourth-order valence-corrected chi connectivity index (χ4v) is 2.98. The summed E-state index contributed by atoms with van der Waals surface area (Å²) < 4.78 is 0. The molecule has 19 heavy (non-hydrogen) atoms. The highest BCUT2D eigenvalue weighted by atomic mass is 15.2. The van der Waals surface area contributed by atoms with Gasteiger partial charge in [0.25, 0.3) is 0 Å². The van der Waals surface area contributed by atoms with Gasteiger partial charge in [0.2, 0.25) is 0 Å². The van der Waals surface area contributed by atoms with Gasteiger partial charge in [-0.25, -0.2) is 0 Å². The van der Waals surface area contributed by atoms with Gasteiger partial charge >= 0.3 is 0 Å². The Balaban J connectivity index is 1.74. The van der Waals surface area contributed by atoms with Crippen LogP contribution >= 0.6 is 0 Å². The smallest absolute Gasteiger partial charge is 0.0195 e. The summed E-state index contributed by atoms with van der Waals surface area (Å²) >= 11 is 0. The first-order valence-corrected chi connectivity index (χ1v) is 7.81. The van der Waals surface area contributed by atoms with E-state index >= 15 is 0 Å². The summed E-state index contributed by atoms with van der Waals surface area (Å²) in [6.07, 6.45) is 5.06. The molecule has 1 saturated heterocycles. The van der Waals surface area contributed by atoms with Crippen LogP contribution in [0.4, 0.5) is 0 Å². The van der Waals surface area contributed by atoms with Gasteiger partial charge in [0.15, 0.2) is 0 Å². The Kier molecular flexibility index (Phi) is 5.87. The maximum absolute atomic E-state index is 3.67. The fraction of sp³-hybridized carbons (Fsp3) is 0.647. The van der Waals surface area contributed by atoms with Gasteiger partial charge in [-0.05, 0) is 38.3 Å². The molecule has 2 heteroatoms. The highest BCUT2D eigenvalue weighted by Gasteiger charge is 2.23. The average Bonchev–Trinajstić information content (AvgIpc) is 2.44. The van der Waals surface area contributed by atoms with E-state index in [-0.39, 0.29) is 0 Å². The van der Waals surface area contributed by atoms with Gasteiger partial charge in [0.05, 0.1) is 0 Å². The molecule has 0 amide bonds. The molecule has 0 spiro atoms. The molecule has 1 N–H and O–H groups in total. The van der Waals surface area contributed by atoms with Gasteiger partial charge in [0, 0.05) is 25.2 Å². The minimum Gasteiger partial charge on any atom is -0.311 e. The van der Waals surface area contributed by atoms with Crippen molar-refractivity contribution < 1.29 is 0 Å². The highest BCUT2D eigenvalue weighted by molar-refractivity contribution is 5.14. The standard InChI is InChI=1S/C17H28N2/c1-3-8-17-14-19(15(2)13-18-17)12-7-11-16-9-5-4-6-10-16/h4-6,9-10,15,17-18H,3,7-8,11-14H2,1-2H3. The molecular weight excluding hydrogens is 232 g/mol. The Morgan fingerprint density at radius 2 is 2.05 bits per heavy atom. The number of nitrogens with one attached hydrogen (secondary N) is 1. The lowest BCUT2D eigenvalue weighted by molar-refractivity contribution is 0.135. The summed E-state index contributed by atoms with van der Waals surface area (Å²) in [5.74, 6) is 0. The quantitative estimate of drug-likeness (QED) is 0.845. The minimum atomic E-state index is 0.684. The number of piperazine rings is 1. The van der Waals surface area contributed by atoms with Crippen molar-refractivity contribution in [3.8, 4) is 0 Å². The normalized spacial score (nSPS) is 24.5. The highest BCUT2D eigenvalue weighted by Crippen LogP contribution is 2.12. The van der Waals surface area contributed by atoms with Gasteiger partial charge < -0.3 is 5.32 Å². The van der Waals surface area contributed by atoms with Gasteiger partial charge in [-0.1, -0.05) is 43.7 Å². The third-order valence-corrected chi connectivity index (χ3v) is 4.17. The Morgan fingerprint density at radius 1 is 1.26 bits per heavy atom. The Hall–Kier alpha value is -0.860. The van der Waals surface area contributed by atoms with Crippen molar-refractivity contribution in [3.63, 3.8) is 0 Å². The predicted molar refractivity (Wildman–Crippen MR) is 82.5 cm³/mol. The molecular formula is C17H28N2. The van der Waals surface area contributed by atoms with Gasteiger partial charge in [0.1, 0.15) is 0 Å². The largest absolute Gasteiger partial charge is 0.311 e. The van der Waals surface area contributed by atoms with Crippen molar-refractivity contribution in [2.24, 2.45) is 0 Å². The van der Waals surface area contributed by atoms with Crippen molar-refractivity contribution in [1.82, 2.24) is 10.2 Å². The zero-order valence-electron chi connectivity index (χ0n) is 12.4. The zero-order chi connectivity index (χ0) is 13.5. The van der Waals surface area contributed by atoms with E-state index in [0.717, 1.165) is 6.54 Å². The SMILES string of the molecule is CCCC1CN(CCCc2ccccc2)C(C)CN1. The Labute approximate surface area is 118 Å². The lowest BCUT2D eigenvalue weighted by Gasteiger charge is -2.39. The van der Waals surface area contributed by atoms with Gasteiger partial charge in [-0.3, -0.25) is 4.90 Å². The van der Waals surface area contributed by atoms with Crippen LogP contribution in [0.1, 0.15) is 38.7 Å². The molecule has 1 aliphatic rings. The summed E-state index contributed by atoms with van der Waals surface area (Å²) in [5, 5.41) is 3.67. The predicted octanol–water partition coefficient (Wildman–Crippen LogP) is 3.08. The molecule has 0 radical (unpaired) electrons. The Morgan fingerprint density at radius 3 is 2.79 bits per heavy atom. The molecule has 1 aromatic rings. The van der Waals surface area contributed by atoms with Crippen molar-refractivity contribution in [1.29, 1.82) is 0 Å². The van der Waals surface area contributed by atoms with Crippen LogP contribution in [-0.2, 0) is 6.42 Å². The topological polar surface area (TPSA) is 15.3 Å². The van der Waals surface area contributed by atoms with E-state index in [1.54, 1.807) is 0 Å². The molecule has 2 unspecified atom stereocenters. The number of nitrogens with zero attached hydrogens (tertiary/aromatic N) is 1. The van der Waals surface area contributed by atoms with Gasteiger partial charge in [-0.2, -0.15) is 0 Å². The second-order valence-corrected chi connectivity index (χ2v) is 5.83. The molecule has 0 bridgehead atoms. The average molecular weight is 260 g/mol. The minimum absolute atomic E-state index is 0.684.